The molecule has 1 heterocycles. The molecule has 0 amide bonds. The maximum atomic E-state index is 9.42. The van der Waals surface area contributed by atoms with Gasteiger partial charge < -0.3 is 5.11 Å². The first kappa shape index (κ1) is 11.4. The first-order valence-electron chi connectivity index (χ1n) is 5.23. The van der Waals surface area contributed by atoms with Crippen molar-refractivity contribution in [2.24, 2.45) is 0 Å². The predicted octanol–water partition coefficient (Wildman–Crippen LogP) is 2.49. The predicted molar refractivity (Wildman–Crippen MR) is 66.5 cm³/mol. The van der Waals surface area contributed by atoms with Crippen molar-refractivity contribution in [3.8, 4) is 0 Å². The first-order valence-corrected chi connectivity index (χ1v) is 6.11. The van der Waals surface area contributed by atoms with Gasteiger partial charge in [-0.3, -0.25) is 0 Å². The van der Waals surface area contributed by atoms with E-state index in [9.17, 15) is 5.11 Å². The molecule has 1 aromatic carbocycles. The van der Waals surface area contributed by atoms with Gasteiger partial charge >= 0.3 is 0 Å². The molecule has 0 spiro atoms. The third-order valence-electron chi connectivity index (χ3n) is 2.44. The van der Waals surface area contributed by atoms with Crippen molar-refractivity contribution < 1.29 is 5.11 Å². The first-order chi connectivity index (χ1) is 7.66. The minimum atomic E-state index is -0.361. The molecule has 0 aliphatic heterocycles. The lowest BCUT2D eigenvalue weighted by molar-refractivity contribution is 0.196. The van der Waals surface area contributed by atoms with Gasteiger partial charge in [0.2, 0.25) is 0 Å². The van der Waals surface area contributed by atoms with E-state index in [0.717, 1.165) is 10.9 Å². The van der Waals surface area contributed by atoms with E-state index in [2.05, 4.69) is 9.97 Å². The van der Waals surface area contributed by atoms with Crippen molar-refractivity contribution in [3.63, 3.8) is 0 Å². The second-order valence-corrected chi connectivity index (χ2v) is 5.12. The SMILES string of the molecule is CC(O)C(C)Sc1ncc2ccccc2n1. The molecule has 4 heteroatoms. The van der Waals surface area contributed by atoms with Gasteiger partial charge in [-0.2, -0.15) is 0 Å². The van der Waals surface area contributed by atoms with Gasteiger partial charge in [0.25, 0.3) is 0 Å². The molecule has 84 valence electrons. The summed E-state index contributed by atoms with van der Waals surface area (Å²) in [6.07, 6.45) is 1.46. The van der Waals surface area contributed by atoms with E-state index in [4.69, 9.17) is 0 Å². The Labute approximate surface area is 98.9 Å². The zero-order chi connectivity index (χ0) is 11.5. The number of hydrogen-bond acceptors (Lipinski definition) is 4. The third-order valence-corrected chi connectivity index (χ3v) is 3.61. The van der Waals surface area contributed by atoms with E-state index in [1.807, 2.05) is 37.4 Å². The van der Waals surface area contributed by atoms with Gasteiger partial charge in [-0.25, -0.2) is 9.97 Å². The van der Waals surface area contributed by atoms with Crippen LogP contribution in [0, 0.1) is 0 Å². The number of rotatable bonds is 3. The van der Waals surface area contributed by atoms with Gasteiger partial charge in [-0.1, -0.05) is 36.9 Å². The maximum absolute atomic E-state index is 9.42. The highest BCUT2D eigenvalue weighted by molar-refractivity contribution is 7.99. The largest absolute Gasteiger partial charge is 0.392 e. The second-order valence-electron chi connectivity index (χ2n) is 3.77. The Morgan fingerprint density at radius 2 is 2.00 bits per heavy atom. The van der Waals surface area contributed by atoms with Crippen LogP contribution < -0.4 is 0 Å². The maximum Gasteiger partial charge on any atom is 0.188 e. The molecule has 0 radical (unpaired) electrons. The third kappa shape index (κ3) is 2.51. The van der Waals surface area contributed by atoms with E-state index in [-0.39, 0.29) is 11.4 Å². The molecule has 0 bridgehead atoms. The summed E-state index contributed by atoms with van der Waals surface area (Å²) in [6.45, 7) is 3.74. The van der Waals surface area contributed by atoms with Gasteiger partial charge in [0, 0.05) is 16.8 Å². The van der Waals surface area contributed by atoms with Gasteiger partial charge in [0.05, 0.1) is 11.6 Å². The summed E-state index contributed by atoms with van der Waals surface area (Å²) in [6, 6.07) is 7.88. The molecule has 16 heavy (non-hydrogen) atoms. The van der Waals surface area contributed by atoms with Gasteiger partial charge in [0.1, 0.15) is 0 Å². The molecule has 0 aliphatic carbocycles. The van der Waals surface area contributed by atoms with Crippen LogP contribution in [0.15, 0.2) is 35.6 Å². The Kier molecular flexibility index (Phi) is 3.41. The normalized spacial score (nSPS) is 14.9. The molecule has 2 unspecified atom stereocenters. The zero-order valence-electron chi connectivity index (χ0n) is 9.29. The standard InChI is InChI=1S/C12H14N2OS/c1-8(15)9(2)16-12-13-7-10-5-3-4-6-11(10)14-12/h3-9,15H,1-2H3. The van der Waals surface area contributed by atoms with Crippen LogP contribution in [0.1, 0.15) is 13.8 Å². The molecule has 1 aromatic heterocycles. The molecule has 2 atom stereocenters. The molecule has 0 aliphatic rings. The Bertz CT molecular complexity index is 487. The number of aliphatic hydroxyl groups excluding tert-OH is 1. The average molecular weight is 234 g/mol. The second kappa shape index (κ2) is 4.80. The van der Waals surface area contributed by atoms with E-state index in [0.29, 0.717) is 5.16 Å². The minimum Gasteiger partial charge on any atom is -0.392 e. The summed E-state index contributed by atoms with van der Waals surface area (Å²) in [5, 5.41) is 11.3. The molecular weight excluding hydrogens is 220 g/mol. The number of nitrogens with zero attached hydrogens (tertiary/aromatic N) is 2. The van der Waals surface area contributed by atoms with Crippen molar-refractivity contribution in [3.05, 3.63) is 30.5 Å². The fourth-order valence-corrected chi connectivity index (χ4v) is 2.07. The Morgan fingerprint density at radius 1 is 1.25 bits per heavy atom. The lowest BCUT2D eigenvalue weighted by Gasteiger charge is -2.12. The van der Waals surface area contributed by atoms with Crippen molar-refractivity contribution in [2.75, 3.05) is 0 Å². The summed E-state index contributed by atoms with van der Waals surface area (Å²) in [5.74, 6) is 0. The fourth-order valence-electron chi connectivity index (χ4n) is 1.28. The van der Waals surface area contributed by atoms with Crippen LogP contribution in [-0.2, 0) is 0 Å². The number of hydrogen-bond donors (Lipinski definition) is 1. The molecule has 0 fully saturated rings. The topological polar surface area (TPSA) is 46.0 Å². The quantitative estimate of drug-likeness (QED) is 0.654. The Morgan fingerprint density at radius 3 is 2.75 bits per heavy atom. The summed E-state index contributed by atoms with van der Waals surface area (Å²) >= 11 is 1.49. The number of fused-ring (bicyclic) bond motifs is 1. The van der Waals surface area contributed by atoms with E-state index in [1.54, 1.807) is 6.92 Å². The molecule has 2 rings (SSSR count). The highest BCUT2D eigenvalue weighted by atomic mass is 32.2. The fraction of sp³-hybridized carbons (Fsp3) is 0.333. The zero-order valence-corrected chi connectivity index (χ0v) is 10.1. The van der Waals surface area contributed by atoms with E-state index in [1.165, 1.54) is 11.8 Å². The highest BCUT2D eigenvalue weighted by Gasteiger charge is 2.12. The van der Waals surface area contributed by atoms with Crippen molar-refractivity contribution in [1.29, 1.82) is 0 Å². The lowest BCUT2D eigenvalue weighted by Crippen LogP contribution is -2.15. The number of aromatic nitrogens is 2. The average Bonchev–Trinajstić information content (AvgIpc) is 2.28. The van der Waals surface area contributed by atoms with Crippen LogP contribution in [-0.4, -0.2) is 26.4 Å². The summed E-state index contributed by atoms with van der Waals surface area (Å²) in [7, 11) is 0. The van der Waals surface area contributed by atoms with Gasteiger partial charge in [-0.05, 0) is 13.0 Å². The monoisotopic (exact) mass is 234 g/mol. The molecule has 3 nitrogen and oxygen atoms in total. The van der Waals surface area contributed by atoms with E-state index < -0.39 is 0 Å². The molecule has 1 N–H and O–H groups in total. The van der Waals surface area contributed by atoms with Crippen LogP contribution in [0.5, 0.6) is 0 Å². The summed E-state index contributed by atoms with van der Waals surface area (Å²) in [5.41, 5.74) is 0.942. The number of benzene rings is 1. The van der Waals surface area contributed by atoms with Crippen LogP contribution in [0.2, 0.25) is 0 Å². The Balaban J connectivity index is 2.26. The smallest absolute Gasteiger partial charge is 0.188 e. The summed E-state index contributed by atoms with van der Waals surface area (Å²) < 4.78 is 0. The van der Waals surface area contributed by atoms with Crippen molar-refractivity contribution in [2.45, 2.75) is 30.4 Å². The van der Waals surface area contributed by atoms with Crippen molar-refractivity contribution >= 4 is 22.7 Å². The number of aliphatic hydroxyl groups is 1. The number of thioether (sulfide) groups is 1. The Hall–Kier alpha value is -1.13. The van der Waals surface area contributed by atoms with Crippen LogP contribution in [0.25, 0.3) is 10.9 Å². The molecular formula is C12H14N2OS. The lowest BCUT2D eigenvalue weighted by atomic mass is 10.2. The molecule has 0 saturated carbocycles. The summed E-state index contributed by atoms with van der Waals surface area (Å²) in [4.78, 5) is 8.71. The van der Waals surface area contributed by atoms with Crippen LogP contribution >= 0.6 is 11.8 Å². The van der Waals surface area contributed by atoms with Crippen LogP contribution in [0.4, 0.5) is 0 Å². The molecule has 0 saturated heterocycles. The van der Waals surface area contributed by atoms with E-state index >= 15 is 0 Å². The molecule has 2 aromatic rings. The minimum absolute atomic E-state index is 0.0983. The highest BCUT2D eigenvalue weighted by Crippen LogP contribution is 2.23. The number of para-hydroxylation sites is 1. The van der Waals surface area contributed by atoms with Gasteiger partial charge in [0.15, 0.2) is 5.16 Å². The van der Waals surface area contributed by atoms with Crippen LogP contribution in [0.3, 0.4) is 0 Å². The van der Waals surface area contributed by atoms with Gasteiger partial charge in [-0.15, -0.1) is 0 Å². The van der Waals surface area contributed by atoms with Crippen molar-refractivity contribution in [1.82, 2.24) is 9.97 Å².